The first kappa shape index (κ1) is 22.7. The van der Waals surface area contributed by atoms with E-state index in [1.165, 1.54) is 0 Å². The van der Waals surface area contributed by atoms with Gasteiger partial charge in [0.2, 0.25) is 5.91 Å². The number of H-pyrrole nitrogens is 2. The van der Waals surface area contributed by atoms with Crippen LogP contribution in [0.5, 0.6) is 0 Å². The third-order valence-electron chi connectivity index (χ3n) is 7.45. The van der Waals surface area contributed by atoms with Crippen LogP contribution in [0.15, 0.2) is 83.8 Å². The van der Waals surface area contributed by atoms with Gasteiger partial charge in [-0.25, -0.2) is 4.79 Å². The first-order valence-corrected chi connectivity index (χ1v) is 12.7. The highest BCUT2D eigenvalue weighted by atomic mass is 35.5. The maximum absolute atomic E-state index is 13.6. The third-order valence-corrected chi connectivity index (χ3v) is 7.71. The van der Waals surface area contributed by atoms with Crippen molar-refractivity contribution in [1.29, 1.82) is 0 Å². The second-order valence-electron chi connectivity index (χ2n) is 9.53. The molecule has 1 atom stereocenters. The van der Waals surface area contributed by atoms with Gasteiger partial charge in [-0.15, -0.1) is 0 Å². The summed E-state index contributed by atoms with van der Waals surface area (Å²) < 4.78 is 1.86. The van der Waals surface area contributed by atoms with E-state index in [0.29, 0.717) is 24.5 Å². The zero-order valence-electron chi connectivity index (χ0n) is 19.8. The van der Waals surface area contributed by atoms with E-state index >= 15 is 0 Å². The number of likely N-dealkylation sites (tertiary alicyclic amines) is 1. The standard InChI is InChI=1S/C29H27ClN4O2/c30-20-11-9-19(10-12-20)23(24-18-31-25-6-2-1-5-22(24)25)17-28(35)33-15-13-21(14-16-33)34-27-8-4-3-7-26(27)32-29(34)36/h1-12,18,21,23,31H,13-17H2,(H,32,36). The highest BCUT2D eigenvalue weighted by molar-refractivity contribution is 6.30. The molecular weight excluding hydrogens is 472 g/mol. The highest BCUT2D eigenvalue weighted by Gasteiger charge is 2.29. The Bertz CT molecular complexity index is 1590. The Kier molecular flexibility index (Phi) is 5.89. The number of hydrogen-bond donors (Lipinski definition) is 2. The van der Waals surface area contributed by atoms with Crippen LogP contribution in [0, 0.1) is 0 Å². The molecule has 1 aliphatic heterocycles. The van der Waals surface area contributed by atoms with Crippen molar-refractivity contribution in [3.8, 4) is 0 Å². The summed E-state index contributed by atoms with van der Waals surface area (Å²) >= 11 is 6.16. The van der Waals surface area contributed by atoms with E-state index in [1.807, 2.05) is 76.3 Å². The molecule has 0 bridgehead atoms. The Morgan fingerprint density at radius 1 is 0.944 bits per heavy atom. The zero-order chi connectivity index (χ0) is 24.6. The van der Waals surface area contributed by atoms with Crippen molar-refractivity contribution in [1.82, 2.24) is 19.4 Å². The lowest BCUT2D eigenvalue weighted by Crippen LogP contribution is -2.41. The summed E-state index contributed by atoms with van der Waals surface area (Å²) in [7, 11) is 0. The van der Waals surface area contributed by atoms with E-state index in [2.05, 4.69) is 22.1 Å². The lowest BCUT2D eigenvalue weighted by Gasteiger charge is -2.33. The van der Waals surface area contributed by atoms with Crippen LogP contribution in [-0.4, -0.2) is 38.4 Å². The summed E-state index contributed by atoms with van der Waals surface area (Å²) in [4.78, 5) is 34.5. The third kappa shape index (κ3) is 4.11. The number of aromatic amines is 2. The molecule has 182 valence electrons. The van der Waals surface area contributed by atoms with Gasteiger partial charge in [0.05, 0.1) is 11.0 Å². The predicted molar refractivity (Wildman–Crippen MR) is 144 cm³/mol. The molecule has 0 saturated carbocycles. The largest absolute Gasteiger partial charge is 0.361 e. The first-order valence-electron chi connectivity index (χ1n) is 12.4. The number of carbonyl (C=O) groups excluding carboxylic acids is 1. The van der Waals surface area contributed by atoms with Gasteiger partial charge in [0.25, 0.3) is 0 Å². The maximum atomic E-state index is 13.6. The molecule has 3 heterocycles. The van der Waals surface area contributed by atoms with Gasteiger partial charge in [-0.05, 0) is 54.3 Å². The molecule has 1 saturated heterocycles. The van der Waals surface area contributed by atoms with Gasteiger partial charge in [-0.3, -0.25) is 9.36 Å². The van der Waals surface area contributed by atoms with Gasteiger partial charge in [-0.2, -0.15) is 0 Å². The van der Waals surface area contributed by atoms with Crippen LogP contribution in [0.25, 0.3) is 21.9 Å². The molecule has 3 aromatic carbocycles. The number of benzene rings is 3. The highest BCUT2D eigenvalue weighted by Crippen LogP contribution is 2.35. The molecule has 1 amide bonds. The van der Waals surface area contributed by atoms with Crippen molar-refractivity contribution < 1.29 is 4.79 Å². The molecule has 6 nitrogen and oxygen atoms in total. The number of imidazole rings is 1. The van der Waals surface area contributed by atoms with Crippen molar-refractivity contribution in [3.05, 3.63) is 106 Å². The van der Waals surface area contributed by atoms with Gasteiger partial charge < -0.3 is 14.9 Å². The van der Waals surface area contributed by atoms with Crippen LogP contribution in [0.2, 0.25) is 5.02 Å². The lowest BCUT2D eigenvalue weighted by atomic mass is 9.87. The number of para-hydroxylation sites is 3. The van der Waals surface area contributed by atoms with Crippen LogP contribution < -0.4 is 5.69 Å². The number of rotatable bonds is 5. The number of piperidine rings is 1. The number of nitrogens with one attached hydrogen (secondary N) is 2. The second-order valence-corrected chi connectivity index (χ2v) is 9.96. The van der Waals surface area contributed by atoms with E-state index in [-0.39, 0.29) is 23.6 Å². The normalized spacial score (nSPS) is 15.5. The van der Waals surface area contributed by atoms with Crippen molar-refractivity contribution in [2.24, 2.45) is 0 Å². The second kappa shape index (κ2) is 9.36. The van der Waals surface area contributed by atoms with E-state index < -0.39 is 0 Å². The minimum atomic E-state index is -0.0834. The average molecular weight is 499 g/mol. The van der Waals surface area contributed by atoms with Crippen LogP contribution in [0.4, 0.5) is 0 Å². The van der Waals surface area contributed by atoms with E-state index in [9.17, 15) is 9.59 Å². The molecule has 2 aromatic heterocycles. The zero-order valence-corrected chi connectivity index (χ0v) is 20.5. The van der Waals surface area contributed by atoms with Crippen molar-refractivity contribution in [3.63, 3.8) is 0 Å². The molecule has 6 rings (SSSR count). The van der Waals surface area contributed by atoms with E-state index in [1.54, 1.807) is 0 Å². The molecular formula is C29H27ClN4O2. The number of halogens is 1. The molecule has 7 heteroatoms. The predicted octanol–water partition coefficient (Wildman–Crippen LogP) is 5.85. The fourth-order valence-electron chi connectivity index (χ4n) is 5.60. The average Bonchev–Trinajstić information content (AvgIpc) is 3.48. The summed E-state index contributed by atoms with van der Waals surface area (Å²) in [5.41, 5.74) is 4.94. The number of nitrogens with zero attached hydrogens (tertiary/aromatic N) is 2. The van der Waals surface area contributed by atoms with Gasteiger partial charge >= 0.3 is 5.69 Å². The van der Waals surface area contributed by atoms with Crippen LogP contribution in [-0.2, 0) is 4.79 Å². The van der Waals surface area contributed by atoms with Crippen LogP contribution in [0.3, 0.4) is 0 Å². The molecule has 0 spiro atoms. The number of carbonyl (C=O) groups is 1. The fourth-order valence-corrected chi connectivity index (χ4v) is 5.72. The van der Waals surface area contributed by atoms with Crippen molar-refractivity contribution >= 4 is 39.4 Å². The Labute approximate surface area is 213 Å². The molecule has 0 aliphatic carbocycles. The molecule has 0 radical (unpaired) electrons. The molecule has 2 N–H and O–H groups in total. The summed E-state index contributed by atoms with van der Waals surface area (Å²) in [6.07, 6.45) is 3.91. The van der Waals surface area contributed by atoms with Crippen molar-refractivity contribution in [2.45, 2.75) is 31.2 Å². The molecule has 1 fully saturated rings. The Balaban J connectivity index is 1.23. The topological polar surface area (TPSA) is 73.9 Å². The van der Waals surface area contributed by atoms with Crippen molar-refractivity contribution in [2.75, 3.05) is 13.1 Å². The van der Waals surface area contributed by atoms with E-state index in [4.69, 9.17) is 11.6 Å². The first-order chi connectivity index (χ1) is 17.6. The number of hydrogen-bond acceptors (Lipinski definition) is 2. The fraction of sp³-hybridized carbons (Fsp3) is 0.241. The maximum Gasteiger partial charge on any atom is 0.326 e. The SMILES string of the molecule is O=C(CC(c1ccc(Cl)cc1)c1c[nH]c2ccccc12)N1CCC(n2c(=O)[nH]c3ccccc32)CC1. The van der Waals surface area contributed by atoms with Gasteiger partial charge in [0.15, 0.2) is 0 Å². The minimum absolute atomic E-state index is 0.0804. The summed E-state index contributed by atoms with van der Waals surface area (Å²) in [6.45, 7) is 1.27. The number of fused-ring (bicyclic) bond motifs is 2. The summed E-state index contributed by atoms with van der Waals surface area (Å²) in [5, 5.41) is 1.81. The monoisotopic (exact) mass is 498 g/mol. The minimum Gasteiger partial charge on any atom is -0.361 e. The summed E-state index contributed by atoms with van der Waals surface area (Å²) in [5.74, 6) is 0.0461. The van der Waals surface area contributed by atoms with Crippen LogP contribution >= 0.6 is 11.6 Å². The lowest BCUT2D eigenvalue weighted by molar-refractivity contribution is -0.132. The number of amides is 1. The van der Waals surface area contributed by atoms with Gasteiger partial charge in [-0.1, -0.05) is 54.1 Å². The van der Waals surface area contributed by atoms with Crippen LogP contribution in [0.1, 0.15) is 42.3 Å². The van der Waals surface area contributed by atoms with E-state index in [0.717, 1.165) is 45.9 Å². The molecule has 5 aromatic rings. The molecule has 36 heavy (non-hydrogen) atoms. The van der Waals surface area contributed by atoms with Gasteiger partial charge in [0, 0.05) is 53.6 Å². The smallest absolute Gasteiger partial charge is 0.326 e. The molecule has 1 unspecified atom stereocenters. The molecule has 1 aliphatic rings. The quantitative estimate of drug-likeness (QED) is 0.319. The Morgan fingerprint density at radius 2 is 1.64 bits per heavy atom. The summed E-state index contributed by atoms with van der Waals surface area (Å²) in [6, 6.07) is 23.8. The Hall–Kier alpha value is -3.77. The number of aromatic nitrogens is 3. The Morgan fingerprint density at radius 3 is 2.42 bits per heavy atom. The van der Waals surface area contributed by atoms with Gasteiger partial charge in [0.1, 0.15) is 0 Å².